The first kappa shape index (κ1) is 11.0. The molecule has 2 heteroatoms. The van der Waals surface area contributed by atoms with Crippen molar-refractivity contribution < 1.29 is 5.11 Å². The van der Waals surface area contributed by atoms with Gasteiger partial charge in [-0.05, 0) is 43.9 Å². The van der Waals surface area contributed by atoms with Crippen LogP contribution < -0.4 is 5.73 Å². The molecule has 0 aromatic carbocycles. The summed E-state index contributed by atoms with van der Waals surface area (Å²) in [7, 11) is 0. The molecule has 2 atom stereocenters. The van der Waals surface area contributed by atoms with Crippen LogP contribution >= 0.6 is 0 Å². The van der Waals surface area contributed by atoms with Crippen LogP contribution in [0, 0.1) is 11.3 Å². The van der Waals surface area contributed by atoms with Gasteiger partial charge in [-0.2, -0.15) is 0 Å². The lowest BCUT2D eigenvalue weighted by molar-refractivity contribution is 0.179. The average molecular weight is 185 g/mol. The van der Waals surface area contributed by atoms with E-state index in [9.17, 15) is 0 Å². The van der Waals surface area contributed by atoms with Crippen LogP contribution in [0.1, 0.15) is 46.5 Å². The number of rotatable bonds is 3. The minimum absolute atomic E-state index is 0.101. The Morgan fingerprint density at radius 3 is 2.54 bits per heavy atom. The predicted octanol–water partition coefficient (Wildman–Crippen LogP) is 1.91. The van der Waals surface area contributed by atoms with Gasteiger partial charge >= 0.3 is 0 Å². The molecule has 2 nitrogen and oxygen atoms in total. The summed E-state index contributed by atoms with van der Waals surface area (Å²) in [6, 6.07) is 0. The van der Waals surface area contributed by atoms with Gasteiger partial charge in [-0.3, -0.25) is 0 Å². The van der Waals surface area contributed by atoms with Crippen molar-refractivity contribution in [3.63, 3.8) is 0 Å². The third kappa shape index (κ3) is 3.28. The van der Waals surface area contributed by atoms with Gasteiger partial charge in [0.2, 0.25) is 0 Å². The molecular weight excluding hydrogens is 162 g/mol. The Morgan fingerprint density at radius 1 is 1.54 bits per heavy atom. The van der Waals surface area contributed by atoms with Crippen LogP contribution in [-0.4, -0.2) is 17.3 Å². The zero-order chi connectivity index (χ0) is 10.1. The van der Waals surface area contributed by atoms with E-state index >= 15 is 0 Å². The fraction of sp³-hybridized carbons (Fsp3) is 1.00. The third-order valence-corrected chi connectivity index (χ3v) is 3.19. The highest BCUT2D eigenvalue weighted by atomic mass is 16.3. The third-order valence-electron chi connectivity index (χ3n) is 3.19. The summed E-state index contributed by atoms with van der Waals surface area (Å²) in [6.45, 7) is 6.68. The zero-order valence-electron chi connectivity index (χ0n) is 9.14. The summed E-state index contributed by atoms with van der Waals surface area (Å²) in [5, 5.41) is 9.06. The van der Waals surface area contributed by atoms with E-state index in [1.54, 1.807) is 0 Å². The largest absolute Gasteiger partial charge is 0.394 e. The van der Waals surface area contributed by atoms with Crippen molar-refractivity contribution in [2.45, 2.75) is 52.0 Å². The Kier molecular flexibility index (Phi) is 3.03. The highest BCUT2D eigenvalue weighted by molar-refractivity contribution is 4.88. The van der Waals surface area contributed by atoms with Gasteiger partial charge < -0.3 is 10.8 Å². The Morgan fingerprint density at radius 2 is 2.15 bits per heavy atom. The van der Waals surface area contributed by atoms with E-state index in [2.05, 4.69) is 13.8 Å². The van der Waals surface area contributed by atoms with E-state index in [1.165, 1.54) is 19.3 Å². The second-order valence-corrected chi connectivity index (χ2v) is 5.79. The monoisotopic (exact) mass is 185 g/mol. The Balaban J connectivity index is 2.40. The van der Waals surface area contributed by atoms with Crippen LogP contribution in [0.15, 0.2) is 0 Å². The van der Waals surface area contributed by atoms with Crippen molar-refractivity contribution in [2.24, 2.45) is 17.1 Å². The fourth-order valence-electron chi connectivity index (χ4n) is 2.48. The molecule has 0 bridgehead atoms. The maximum absolute atomic E-state index is 9.06. The number of hydrogen-bond acceptors (Lipinski definition) is 2. The molecule has 78 valence electrons. The lowest BCUT2D eigenvalue weighted by Gasteiger charge is -2.26. The van der Waals surface area contributed by atoms with Gasteiger partial charge in [-0.1, -0.05) is 13.8 Å². The predicted molar refractivity (Wildman–Crippen MR) is 55.4 cm³/mol. The minimum atomic E-state index is -0.370. The quantitative estimate of drug-likeness (QED) is 0.705. The molecule has 1 fully saturated rings. The molecule has 13 heavy (non-hydrogen) atoms. The van der Waals surface area contributed by atoms with E-state index in [-0.39, 0.29) is 12.1 Å². The van der Waals surface area contributed by atoms with E-state index in [0.717, 1.165) is 12.3 Å². The Bertz CT molecular complexity index is 175. The number of nitrogens with two attached hydrogens (primary N) is 1. The Labute approximate surface area is 81.5 Å². The maximum Gasteiger partial charge on any atom is 0.0608 e. The molecule has 0 saturated heterocycles. The standard InChI is InChI=1S/C11H23NO/c1-10(2)5-4-9(6-10)7-11(3,12)8-13/h9,13H,4-8,12H2,1-3H3. The summed E-state index contributed by atoms with van der Waals surface area (Å²) >= 11 is 0. The van der Waals surface area contributed by atoms with Gasteiger partial charge in [0, 0.05) is 5.54 Å². The van der Waals surface area contributed by atoms with E-state index in [1.807, 2.05) is 6.92 Å². The van der Waals surface area contributed by atoms with Crippen LogP contribution in [0.25, 0.3) is 0 Å². The van der Waals surface area contributed by atoms with Crippen molar-refractivity contribution in [1.82, 2.24) is 0 Å². The van der Waals surface area contributed by atoms with Crippen LogP contribution in [-0.2, 0) is 0 Å². The maximum atomic E-state index is 9.06. The first-order valence-corrected chi connectivity index (χ1v) is 5.24. The second kappa shape index (κ2) is 3.58. The van der Waals surface area contributed by atoms with Crippen LogP contribution in [0.5, 0.6) is 0 Å². The van der Waals surface area contributed by atoms with Crippen molar-refractivity contribution in [1.29, 1.82) is 0 Å². The molecule has 0 radical (unpaired) electrons. The lowest BCUT2D eigenvalue weighted by Crippen LogP contribution is -2.41. The number of aliphatic hydroxyl groups excluding tert-OH is 1. The van der Waals surface area contributed by atoms with Crippen molar-refractivity contribution in [3.8, 4) is 0 Å². The first-order valence-electron chi connectivity index (χ1n) is 5.24. The molecule has 2 unspecified atom stereocenters. The molecule has 0 amide bonds. The molecule has 1 aliphatic carbocycles. The van der Waals surface area contributed by atoms with Gasteiger partial charge in [0.25, 0.3) is 0 Å². The van der Waals surface area contributed by atoms with E-state index in [4.69, 9.17) is 10.8 Å². The van der Waals surface area contributed by atoms with Gasteiger partial charge in [0.15, 0.2) is 0 Å². The molecule has 0 spiro atoms. The molecule has 1 aliphatic rings. The summed E-state index contributed by atoms with van der Waals surface area (Å²) < 4.78 is 0. The minimum Gasteiger partial charge on any atom is -0.394 e. The summed E-state index contributed by atoms with van der Waals surface area (Å²) in [6.07, 6.45) is 4.81. The molecule has 0 heterocycles. The second-order valence-electron chi connectivity index (χ2n) is 5.79. The molecular formula is C11H23NO. The lowest BCUT2D eigenvalue weighted by atomic mass is 9.85. The van der Waals surface area contributed by atoms with E-state index < -0.39 is 0 Å². The van der Waals surface area contributed by atoms with Gasteiger partial charge in [0.1, 0.15) is 0 Å². The van der Waals surface area contributed by atoms with Gasteiger partial charge in [-0.15, -0.1) is 0 Å². The summed E-state index contributed by atoms with van der Waals surface area (Å²) in [4.78, 5) is 0. The number of aliphatic hydroxyl groups is 1. The fourth-order valence-corrected chi connectivity index (χ4v) is 2.48. The molecule has 0 aromatic heterocycles. The number of hydrogen-bond donors (Lipinski definition) is 2. The van der Waals surface area contributed by atoms with Gasteiger partial charge in [0.05, 0.1) is 6.61 Å². The van der Waals surface area contributed by atoms with Gasteiger partial charge in [-0.25, -0.2) is 0 Å². The van der Waals surface area contributed by atoms with Crippen molar-refractivity contribution in [2.75, 3.05) is 6.61 Å². The van der Waals surface area contributed by atoms with Crippen LogP contribution in [0.3, 0.4) is 0 Å². The zero-order valence-corrected chi connectivity index (χ0v) is 9.14. The molecule has 0 aromatic rings. The Hall–Kier alpha value is -0.0800. The smallest absolute Gasteiger partial charge is 0.0608 e. The first-order chi connectivity index (χ1) is 5.85. The SMILES string of the molecule is CC1(C)CCC(CC(C)(N)CO)C1. The summed E-state index contributed by atoms with van der Waals surface area (Å²) in [5.74, 6) is 0.720. The molecule has 3 N–H and O–H groups in total. The molecule has 1 saturated carbocycles. The highest BCUT2D eigenvalue weighted by Crippen LogP contribution is 2.43. The highest BCUT2D eigenvalue weighted by Gasteiger charge is 2.34. The normalized spacial score (nSPS) is 31.6. The molecule has 0 aliphatic heterocycles. The average Bonchev–Trinajstić information content (AvgIpc) is 2.29. The van der Waals surface area contributed by atoms with Crippen molar-refractivity contribution >= 4 is 0 Å². The summed E-state index contributed by atoms with van der Waals surface area (Å²) in [5.41, 5.74) is 6.06. The van der Waals surface area contributed by atoms with Crippen molar-refractivity contribution in [3.05, 3.63) is 0 Å². The van der Waals surface area contributed by atoms with Crippen LogP contribution in [0.2, 0.25) is 0 Å². The van der Waals surface area contributed by atoms with E-state index in [0.29, 0.717) is 5.41 Å². The molecule has 1 rings (SSSR count). The topological polar surface area (TPSA) is 46.2 Å². The van der Waals surface area contributed by atoms with Crippen LogP contribution in [0.4, 0.5) is 0 Å².